The standard InChI is InChI=1S/C27H29FO2/c1-27(2,3)25-14-18(17-30-22-10-9-19-6-5-7-20(19)15-22)8-12-23(25)24-16-21(29-4)11-13-26(24)28/h8-16H,5-7,17H2,1-4H3. The quantitative estimate of drug-likeness (QED) is 0.462. The molecule has 156 valence electrons. The SMILES string of the molecule is COc1ccc(F)c(-c2ccc(COc3ccc4c(c3)CCC4)cc2C(C)(C)C)c1. The van der Waals surface area contributed by atoms with Crippen molar-refractivity contribution >= 4 is 0 Å². The zero-order chi connectivity index (χ0) is 21.3. The van der Waals surface area contributed by atoms with Gasteiger partial charge < -0.3 is 9.47 Å². The first-order chi connectivity index (χ1) is 14.3. The first-order valence-corrected chi connectivity index (χ1v) is 10.6. The number of benzene rings is 3. The molecule has 0 unspecified atom stereocenters. The second-order valence-corrected chi connectivity index (χ2v) is 9.05. The summed E-state index contributed by atoms with van der Waals surface area (Å²) in [6.45, 7) is 6.93. The maximum absolute atomic E-state index is 14.7. The molecule has 0 heterocycles. The van der Waals surface area contributed by atoms with Gasteiger partial charge in [-0.25, -0.2) is 4.39 Å². The average molecular weight is 405 g/mol. The highest BCUT2D eigenvalue weighted by Gasteiger charge is 2.21. The number of hydrogen-bond donors (Lipinski definition) is 0. The Balaban J connectivity index is 1.63. The maximum atomic E-state index is 14.7. The monoisotopic (exact) mass is 404 g/mol. The van der Waals surface area contributed by atoms with Crippen molar-refractivity contribution in [2.75, 3.05) is 7.11 Å². The van der Waals surface area contributed by atoms with Gasteiger partial charge in [-0.1, -0.05) is 45.0 Å². The Hall–Kier alpha value is -2.81. The molecule has 3 aromatic carbocycles. The van der Waals surface area contributed by atoms with Crippen molar-refractivity contribution in [3.8, 4) is 22.6 Å². The zero-order valence-corrected chi connectivity index (χ0v) is 18.2. The third-order valence-corrected chi connectivity index (χ3v) is 5.83. The van der Waals surface area contributed by atoms with E-state index in [0.29, 0.717) is 17.9 Å². The summed E-state index contributed by atoms with van der Waals surface area (Å²) in [7, 11) is 1.60. The predicted molar refractivity (Wildman–Crippen MR) is 120 cm³/mol. The van der Waals surface area contributed by atoms with Crippen molar-refractivity contribution in [1.29, 1.82) is 0 Å². The molecule has 2 nitrogen and oxygen atoms in total. The molecule has 4 rings (SSSR count). The third kappa shape index (κ3) is 4.21. The van der Waals surface area contributed by atoms with Crippen molar-refractivity contribution in [3.05, 3.63) is 82.7 Å². The highest BCUT2D eigenvalue weighted by Crippen LogP contribution is 2.37. The molecule has 0 amide bonds. The van der Waals surface area contributed by atoms with Gasteiger partial charge in [-0.3, -0.25) is 0 Å². The largest absolute Gasteiger partial charge is 0.497 e. The number of ether oxygens (including phenoxy) is 2. The molecule has 30 heavy (non-hydrogen) atoms. The summed E-state index contributed by atoms with van der Waals surface area (Å²) in [4.78, 5) is 0. The van der Waals surface area contributed by atoms with Crippen LogP contribution in [0.15, 0.2) is 54.6 Å². The van der Waals surface area contributed by atoms with E-state index in [2.05, 4.69) is 45.0 Å². The molecule has 0 N–H and O–H groups in total. The van der Waals surface area contributed by atoms with Crippen LogP contribution < -0.4 is 9.47 Å². The first kappa shape index (κ1) is 20.5. The Kier molecular flexibility index (Phi) is 5.55. The molecule has 0 spiro atoms. The van der Waals surface area contributed by atoms with Gasteiger partial charge in [0.2, 0.25) is 0 Å². The molecule has 1 aliphatic rings. The Bertz CT molecular complexity index is 1060. The van der Waals surface area contributed by atoms with Crippen molar-refractivity contribution in [2.24, 2.45) is 0 Å². The molecule has 3 aromatic rings. The molecule has 0 aromatic heterocycles. The van der Waals surface area contributed by atoms with Crippen LogP contribution in [0.5, 0.6) is 11.5 Å². The van der Waals surface area contributed by atoms with Gasteiger partial charge in [0.05, 0.1) is 7.11 Å². The van der Waals surface area contributed by atoms with Crippen LogP contribution in [0.4, 0.5) is 4.39 Å². The molecule has 0 saturated heterocycles. The summed E-state index contributed by atoms with van der Waals surface area (Å²) in [5.74, 6) is 1.31. The van der Waals surface area contributed by atoms with E-state index in [1.807, 2.05) is 12.1 Å². The molecular weight excluding hydrogens is 375 g/mol. The van der Waals surface area contributed by atoms with Crippen LogP contribution in [0.1, 0.15) is 49.4 Å². The Morgan fingerprint density at radius 1 is 0.833 bits per heavy atom. The molecular formula is C27H29FO2. The van der Waals surface area contributed by atoms with Crippen molar-refractivity contribution in [1.82, 2.24) is 0 Å². The van der Waals surface area contributed by atoms with Gasteiger partial charge in [0.1, 0.15) is 23.9 Å². The second kappa shape index (κ2) is 8.14. The molecule has 0 fully saturated rings. The third-order valence-electron chi connectivity index (χ3n) is 5.83. The van der Waals surface area contributed by atoms with Gasteiger partial charge >= 0.3 is 0 Å². The fourth-order valence-corrected chi connectivity index (χ4v) is 4.18. The fourth-order valence-electron chi connectivity index (χ4n) is 4.18. The number of hydrogen-bond acceptors (Lipinski definition) is 2. The van der Waals surface area contributed by atoms with E-state index in [-0.39, 0.29) is 11.2 Å². The van der Waals surface area contributed by atoms with Crippen LogP contribution in [-0.2, 0) is 24.9 Å². The Labute approximate surface area is 178 Å². The highest BCUT2D eigenvalue weighted by molar-refractivity contribution is 5.71. The van der Waals surface area contributed by atoms with E-state index in [9.17, 15) is 4.39 Å². The summed E-state index contributed by atoms with van der Waals surface area (Å²) in [6, 6.07) is 17.5. The normalized spacial score (nSPS) is 13.2. The zero-order valence-electron chi connectivity index (χ0n) is 18.2. The Morgan fingerprint density at radius 3 is 2.37 bits per heavy atom. The highest BCUT2D eigenvalue weighted by atomic mass is 19.1. The van der Waals surface area contributed by atoms with E-state index < -0.39 is 0 Å². The van der Waals surface area contributed by atoms with Crippen molar-refractivity contribution in [3.63, 3.8) is 0 Å². The van der Waals surface area contributed by atoms with E-state index in [1.165, 1.54) is 30.0 Å². The number of halogens is 1. The van der Waals surface area contributed by atoms with E-state index in [1.54, 1.807) is 19.2 Å². The molecule has 1 aliphatic carbocycles. The van der Waals surface area contributed by atoms with Crippen LogP contribution in [-0.4, -0.2) is 7.11 Å². The molecule has 0 atom stereocenters. The van der Waals surface area contributed by atoms with Crippen LogP contribution in [0.25, 0.3) is 11.1 Å². The van der Waals surface area contributed by atoms with Crippen molar-refractivity contribution < 1.29 is 13.9 Å². The number of aryl methyl sites for hydroxylation is 2. The Morgan fingerprint density at radius 2 is 1.60 bits per heavy atom. The van der Waals surface area contributed by atoms with Crippen LogP contribution >= 0.6 is 0 Å². The minimum atomic E-state index is -0.247. The van der Waals surface area contributed by atoms with E-state index in [0.717, 1.165) is 28.9 Å². The second-order valence-electron chi connectivity index (χ2n) is 9.05. The van der Waals surface area contributed by atoms with Crippen LogP contribution in [0, 0.1) is 5.82 Å². The number of rotatable bonds is 5. The first-order valence-electron chi connectivity index (χ1n) is 10.6. The lowest BCUT2D eigenvalue weighted by Crippen LogP contribution is -2.14. The van der Waals surface area contributed by atoms with Gasteiger partial charge in [-0.05, 0) is 82.8 Å². The smallest absolute Gasteiger partial charge is 0.131 e. The topological polar surface area (TPSA) is 18.5 Å². The molecule has 0 radical (unpaired) electrons. The summed E-state index contributed by atoms with van der Waals surface area (Å²) in [5, 5.41) is 0. The minimum absolute atomic E-state index is 0.144. The summed E-state index contributed by atoms with van der Waals surface area (Å²) in [5.41, 5.74) is 6.32. The lowest BCUT2D eigenvalue weighted by molar-refractivity contribution is 0.305. The van der Waals surface area contributed by atoms with E-state index >= 15 is 0 Å². The fraction of sp³-hybridized carbons (Fsp3) is 0.333. The molecule has 0 saturated carbocycles. The molecule has 0 bridgehead atoms. The summed E-state index contributed by atoms with van der Waals surface area (Å²) in [6.07, 6.45) is 3.55. The number of fused-ring (bicyclic) bond motifs is 1. The predicted octanol–water partition coefficient (Wildman–Crippen LogP) is 6.87. The summed E-state index contributed by atoms with van der Waals surface area (Å²) < 4.78 is 26.1. The number of methoxy groups -OCH3 is 1. The average Bonchev–Trinajstić information content (AvgIpc) is 3.20. The minimum Gasteiger partial charge on any atom is -0.497 e. The molecule has 0 aliphatic heterocycles. The van der Waals surface area contributed by atoms with Crippen molar-refractivity contribution in [2.45, 2.75) is 52.1 Å². The summed E-state index contributed by atoms with van der Waals surface area (Å²) >= 11 is 0. The van der Waals surface area contributed by atoms with Crippen LogP contribution in [0.3, 0.4) is 0 Å². The van der Waals surface area contributed by atoms with Gasteiger partial charge in [0, 0.05) is 5.56 Å². The molecule has 3 heteroatoms. The van der Waals surface area contributed by atoms with Gasteiger partial charge in [-0.2, -0.15) is 0 Å². The van der Waals surface area contributed by atoms with Crippen LogP contribution in [0.2, 0.25) is 0 Å². The van der Waals surface area contributed by atoms with E-state index in [4.69, 9.17) is 9.47 Å². The van der Waals surface area contributed by atoms with Gasteiger partial charge in [0.25, 0.3) is 0 Å². The van der Waals surface area contributed by atoms with Gasteiger partial charge in [0.15, 0.2) is 0 Å². The van der Waals surface area contributed by atoms with Gasteiger partial charge in [-0.15, -0.1) is 0 Å². The lowest BCUT2D eigenvalue weighted by atomic mass is 9.81. The maximum Gasteiger partial charge on any atom is 0.131 e. The lowest BCUT2D eigenvalue weighted by Gasteiger charge is -2.24.